The minimum Gasteiger partial charge on any atom is -0.274 e. The predicted octanol–water partition coefficient (Wildman–Crippen LogP) is 3.71. The minimum absolute atomic E-state index is 0.0127. The van der Waals surface area contributed by atoms with Gasteiger partial charge in [0.05, 0.1) is 17.6 Å². The maximum absolute atomic E-state index is 12.8. The molecule has 0 N–H and O–H groups in total. The third-order valence-electron chi connectivity index (χ3n) is 3.38. The van der Waals surface area contributed by atoms with Crippen LogP contribution in [0.15, 0.2) is 48.1 Å². The monoisotopic (exact) mass is 326 g/mol. The van der Waals surface area contributed by atoms with Crippen LogP contribution in [0.25, 0.3) is 0 Å². The summed E-state index contributed by atoms with van der Waals surface area (Å²) in [5.41, 5.74) is 2.85. The Hall–Kier alpha value is -2.47. The van der Waals surface area contributed by atoms with Crippen molar-refractivity contribution in [2.24, 2.45) is 0 Å². The molecule has 118 valence electrons. The smallest absolute Gasteiger partial charge is 0.235 e. The third-order valence-corrected chi connectivity index (χ3v) is 4.32. The van der Waals surface area contributed by atoms with Gasteiger partial charge in [-0.3, -0.25) is 14.4 Å². The zero-order valence-electron chi connectivity index (χ0n) is 13.1. The number of aromatic nitrogens is 3. The number of nitrogens with zero attached hydrogens (tertiary/aromatic N) is 4. The zero-order chi connectivity index (χ0) is 16.2. The van der Waals surface area contributed by atoms with Crippen molar-refractivity contribution in [3.05, 3.63) is 59.4 Å². The molecule has 0 saturated heterocycles. The van der Waals surface area contributed by atoms with Crippen LogP contribution in [0.1, 0.15) is 17.7 Å². The summed E-state index contributed by atoms with van der Waals surface area (Å²) in [6.07, 6.45) is 4.10. The Labute approximate surface area is 139 Å². The average Bonchev–Trinajstić information content (AvgIpc) is 3.15. The number of carbonyl (C=O) groups is 1. The van der Waals surface area contributed by atoms with Crippen molar-refractivity contribution in [1.82, 2.24) is 14.8 Å². The van der Waals surface area contributed by atoms with Crippen molar-refractivity contribution >= 4 is 28.1 Å². The van der Waals surface area contributed by atoms with Gasteiger partial charge in [0, 0.05) is 24.5 Å². The van der Waals surface area contributed by atoms with Crippen molar-refractivity contribution in [2.75, 3.05) is 4.90 Å². The van der Waals surface area contributed by atoms with E-state index in [1.807, 2.05) is 55.8 Å². The number of anilines is 2. The summed E-state index contributed by atoms with van der Waals surface area (Å²) in [6.45, 7) is 4.47. The van der Waals surface area contributed by atoms with E-state index in [-0.39, 0.29) is 5.91 Å². The van der Waals surface area contributed by atoms with Gasteiger partial charge in [0.25, 0.3) is 0 Å². The molecule has 1 amide bonds. The maximum Gasteiger partial charge on any atom is 0.235 e. The van der Waals surface area contributed by atoms with Gasteiger partial charge in [-0.15, -0.1) is 11.3 Å². The van der Waals surface area contributed by atoms with Crippen molar-refractivity contribution < 1.29 is 4.79 Å². The Balaban J connectivity index is 1.81. The minimum atomic E-state index is 0.0127. The number of hydrogen-bond donors (Lipinski definition) is 0. The van der Waals surface area contributed by atoms with Gasteiger partial charge in [-0.2, -0.15) is 5.10 Å². The average molecular weight is 326 g/mol. The first kappa shape index (κ1) is 15.4. The van der Waals surface area contributed by atoms with E-state index in [2.05, 4.69) is 10.1 Å². The highest BCUT2D eigenvalue weighted by Gasteiger charge is 2.20. The van der Waals surface area contributed by atoms with Crippen molar-refractivity contribution in [3.63, 3.8) is 0 Å². The van der Waals surface area contributed by atoms with Crippen LogP contribution in [-0.2, 0) is 11.3 Å². The highest BCUT2D eigenvalue weighted by atomic mass is 32.1. The fourth-order valence-electron chi connectivity index (χ4n) is 2.29. The topological polar surface area (TPSA) is 51.0 Å². The van der Waals surface area contributed by atoms with Crippen molar-refractivity contribution in [2.45, 2.75) is 26.8 Å². The molecule has 0 atom stereocenters. The maximum atomic E-state index is 12.8. The molecular weight excluding hydrogens is 308 g/mol. The predicted molar refractivity (Wildman–Crippen MR) is 92.0 cm³/mol. The van der Waals surface area contributed by atoms with Crippen LogP contribution in [-0.4, -0.2) is 20.7 Å². The summed E-state index contributed by atoms with van der Waals surface area (Å²) in [5, 5.41) is 6.89. The van der Waals surface area contributed by atoms with E-state index in [1.165, 1.54) is 11.3 Å². The van der Waals surface area contributed by atoms with Crippen LogP contribution < -0.4 is 4.90 Å². The molecule has 0 aliphatic carbocycles. The fraction of sp³-hybridized carbons (Fsp3) is 0.235. The molecule has 0 fully saturated rings. The lowest BCUT2D eigenvalue weighted by atomic mass is 10.2. The number of thiazole rings is 1. The molecule has 0 aliphatic heterocycles. The van der Waals surface area contributed by atoms with E-state index in [0.717, 1.165) is 16.9 Å². The molecule has 0 saturated carbocycles. The number of amides is 1. The first-order valence-corrected chi connectivity index (χ1v) is 8.30. The van der Waals surface area contributed by atoms with Crippen LogP contribution in [0.2, 0.25) is 0 Å². The van der Waals surface area contributed by atoms with Crippen LogP contribution in [0.4, 0.5) is 10.8 Å². The lowest BCUT2D eigenvalue weighted by Crippen LogP contribution is -2.26. The van der Waals surface area contributed by atoms with Gasteiger partial charge in [0.2, 0.25) is 5.91 Å². The summed E-state index contributed by atoms with van der Waals surface area (Å²) in [6, 6.07) is 9.63. The summed E-state index contributed by atoms with van der Waals surface area (Å²) in [7, 11) is 0. The second kappa shape index (κ2) is 6.75. The Morgan fingerprint density at radius 2 is 2.04 bits per heavy atom. The molecule has 0 spiro atoms. The first-order valence-electron chi connectivity index (χ1n) is 7.42. The SMILES string of the molecule is Cc1cnn(CCC(=O)N(c2ccccc2)c2nc(C)cs2)c1. The van der Waals surface area contributed by atoms with Crippen molar-refractivity contribution in [1.29, 1.82) is 0 Å². The fourth-order valence-corrected chi connectivity index (χ4v) is 3.13. The molecule has 1 aromatic carbocycles. The Kier molecular flexibility index (Phi) is 4.52. The van der Waals surface area contributed by atoms with E-state index in [0.29, 0.717) is 18.1 Å². The Morgan fingerprint density at radius 3 is 2.65 bits per heavy atom. The molecule has 2 heterocycles. The molecule has 23 heavy (non-hydrogen) atoms. The van der Waals surface area contributed by atoms with Crippen LogP contribution >= 0.6 is 11.3 Å². The number of benzene rings is 1. The van der Waals surface area contributed by atoms with E-state index in [9.17, 15) is 4.79 Å². The lowest BCUT2D eigenvalue weighted by molar-refractivity contribution is -0.118. The number of carbonyl (C=O) groups excluding carboxylic acids is 1. The number of para-hydroxylation sites is 1. The van der Waals surface area contributed by atoms with Gasteiger partial charge in [0.1, 0.15) is 0 Å². The molecule has 0 radical (unpaired) electrons. The molecule has 0 bridgehead atoms. The van der Waals surface area contributed by atoms with Crippen molar-refractivity contribution in [3.8, 4) is 0 Å². The third kappa shape index (κ3) is 3.65. The van der Waals surface area contributed by atoms with Gasteiger partial charge in [0.15, 0.2) is 5.13 Å². The Bertz CT molecular complexity index is 794. The quantitative estimate of drug-likeness (QED) is 0.718. The normalized spacial score (nSPS) is 10.7. The van der Waals surface area contributed by atoms with E-state index < -0.39 is 0 Å². The summed E-state index contributed by atoms with van der Waals surface area (Å²) in [5.74, 6) is 0.0127. The molecular formula is C17H18N4OS. The zero-order valence-corrected chi connectivity index (χ0v) is 14.0. The first-order chi connectivity index (χ1) is 11.1. The van der Waals surface area contributed by atoms with E-state index in [1.54, 1.807) is 15.8 Å². The molecule has 6 heteroatoms. The molecule has 3 aromatic rings. The summed E-state index contributed by atoms with van der Waals surface area (Å²) in [4.78, 5) is 18.9. The number of aryl methyl sites for hydroxylation is 3. The van der Waals surface area contributed by atoms with Gasteiger partial charge in [-0.1, -0.05) is 18.2 Å². The largest absolute Gasteiger partial charge is 0.274 e. The standard InChI is InChI=1S/C17H18N4OS/c1-13-10-18-20(11-13)9-8-16(22)21(15-6-4-3-5-7-15)17-19-14(2)12-23-17/h3-7,10-12H,8-9H2,1-2H3. The highest BCUT2D eigenvalue weighted by molar-refractivity contribution is 7.14. The van der Waals surface area contributed by atoms with E-state index in [4.69, 9.17) is 0 Å². The summed E-state index contributed by atoms with van der Waals surface area (Å²) < 4.78 is 1.80. The van der Waals surface area contributed by atoms with Crippen LogP contribution in [0.5, 0.6) is 0 Å². The van der Waals surface area contributed by atoms with Gasteiger partial charge in [-0.25, -0.2) is 4.98 Å². The highest BCUT2D eigenvalue weighted by Crippen LogP contribution is 2.29. The Morgan fingerprint density at radius 1 is 1.26 bits per heavy atom. The molecule has 2 aromatic heterocycles. The molecule has 5 nitrogen and oxygen atoms in total. The van der Waals surface area contributed by atoms with E-state index >= 15 is 0 Å². The number of rotatable bonds is 5. The molecule has 0 aliphatic rings. The number of hydrogen-bond acceptors (Lipinski definition) is 4. The van der Waals surface area contributed by atoms with Crippen LogP contribution in [0, 0.1) is 13.8 Å². The van der Waals surface area contributed by atoms with Gasteiger partial charge < -0.3 is 0 Å². The second-order valence-electron chi connectivity index (χ2n) is 5.37. The van der Waals surface area contributed by atoms with Gasteiger partial charge >= 0.3 is 0 Å². The van der Waals surface area contributed by atoms with Gasteiger partial charge in [-0.05, 0) is 31.5 Å². The van der Waals surface area contributed by atoms with Crippen LogP contribution in [0.3, 0.4) is 0 Å². The lowest BCUT2D eigenvalue weighted by Gasteiger charge is -2.20. The molecule has 0 unspecified atom stereocenters. The second-order valence-corrected chi connectivity index (χ2v) is 6.20. The molecule has 3 rings (SSSR count). The summed E-state index contributed by atoms with van der Waals surface area (Å²) >= 11 is 1.48.